The van der Waals surface area contributed by atoms with Crippen LogP contribution in [0.2, 0.25) is 0 Å². The number of hydrogen-bond acceptors (Lipinski definition) is 1. The molecule has 2 heterocycles. The van der Waals surface area contributed by atoms with E-state index >= 15 is 0 Å². The summed E-state index contributed by atoms with van der Waals surface area (Å²) < 4.78 is 2.56. The lowest BCUT2D eigenvalue weighted by molar-refractivity contribution is 0.748. The Kier molecular flexibility index (Phi) is 8.44. The first-order chi connectivity index (χ1) is 37.7. The Morgan fingerprint density at radius 2 is 0.645 bits per heavy atom. The summed E-state index contributed by atoms with van der Waals surface area (Å²) in [5.74, 6) is 0. The van der Waals surface area contributed by atoms with Gasteiger partial charge in [0.2, 0.25) is 0 Å². The molecule has 76 heavy (non-hydrogen) atoms. The molecule has 0 saturated heterocycles. The van der Waals surface area contributed by atoms with E-state index in [9.17, 15) is 0 Å². The monoisotopic (exact) mass is 962 g/mol. The molecule has 13 aromatic rings. The third-order valence-electron chi connectivity index (χ3n) is 17.6. The van der Waals surface area contributed by atoms with Gasteiger partial charge in [0.15, 0.2) is 0 Å². The summed E-state index contributed by atoms with van der Waals surface area (Å²) in [6, 6.07) is 105. The molecule has 2 spiro atoms. The number of para-hydroxylation sites is 2. The Labute approximate surface area is 441 Å². The van der Waals surface area contributed by atoms with Crippen molar-refractivity contribution in [3.05, 3.63) is 324 Å². The van der Waals surface area contributed by atoms with Crippen molar-refractivity contribution in [1.29, 1.82) is 0 Å². The Hall–Kier alpha value is -9.76. The predicted molar refractivity (Wildman–Crippen MR) is 313 cm³/mol. The number of hydrogen-bond donors (Lipinski definition) is 0. The van der Waals surface area contributed by atoms with Crippen molar-refractivity contribution in [2.75, 3.05) is 4.90 Å². The normalized spacial score (nSPS) is 14.0. The van der Waals surface area contributed by atoms with Crippen molar-refractivity contribution in [2.24, 2.45) is 0 Å². The molecule has 2 heteroatoms. The highest BCUT2D eigenvalue weighted by molar-refractivity contribution is 6.14. The van der Waals surface area contributed by atoms with E-state index < -0.39 is 10.8 Å². The van der Waals surface area contributed by atoms with Crippen LogP contribution in [0, 0.1) is 0 Å². The average molecular weight is 963 g/mol. The van der Waals surface area contributed by atoms with E-state index in [1.54, 1.807) is 0 Å². The standard InChI is InChI=1S/C74H46N2/c1-2-18-47(19-3-1)48-34-36-49(37-35-48)50-38-40-51(41-39-50)75(52-42-43-59-58-24-8-12-28-64(58)73(68(59)45-52)62-26-10-4-20-54(62)55-21-5-11-27-63(55)73)53-44-61-60-25-9-16-32-70(60)76-71-33-17-15-31-67(71)74(69(46-53)72(61)76)65-29-13-6-22-56(65)57-23-7-14-30-66(57)74/h1-46H. The van der Waals surface area contributed by atoms with Gasteiger partial charge in [0.25, 0.3) is 0 Å². The molecular formula is C74H46N2. The molecular weight excluding hydrogens is 917 g/mol. The van der Waals surface area contributed by atoms with E-state index in [1.807, 2.05) is 0 Å². The molecule has 1 aliphatic heterocycles. The molecule has 4 aliphatic rings. The Bertz CT molecular complexity index is 4470. The molecule has 0 amide bonds. The summed E-state index contributed by atoms with van der Waals surface area (Å²) in [4.78, 5) is 2.55. The van der Waals surface area contributed by atoms with Gasteiger partial charge in [-0.1, -0.05) is 231 Å². The van der Waals surface area contributed by atoms with Crippen molar-refractivity contribution in [1.82, 2.24) is 4.57 Å². The molecule has 0 bridgehead atoms. The fourth-order valence-corrected chi connectivity index (χ4v) is 14.7. The Morgan fingerprint density at radius 3 is 1.20 bits per heavy atom. The minimum Gasteiger partial charge on any atom is -0.310 e. The highest BCUT2D eigenvalue weighted by Gasteiger charge is 2.53. The van der Waals surface area contributed by atoms with Crippen LogP contribution in [0.3, 0.4) is 0 Å². The van der Waals surface area contributed by atoms with Gasteiger partial charge >= 0.3 is 0 Å². The molecule has 0 N–H and O–H groups in total. The fourth-order valence-electron chi connectivity index (χ4n) is 14.7. The number of nitrogens with zero attached hydrogens (tertiary/aromatic N) is 2. The van der Waals surface area contributed by atoms with E-state index in [4.69, 9.17) is 0 Å². The molecule has 0 unspecified atom stereocenters. The quantitative estimate of drug-likeness (QED) is 0.167. The first kappa shape index (κ1) is 41.7. The minimum absolute atomic E-state index is 0.495. The van der Waals surface area contributed by atoms with Crippen LogP contribution in [-0.4, -0.2) is 4.57 Å². The fraction of sp³-hybridized carbons (Fsp3) is 0.0270. The second kappa shape index (κ2) is 15.4. The van der Waals surface area contributed by atoms with Crippen LogP contribution >= 0.6 is 0 Å². The number of benzene rings is 12. The second-order valence-corrected chi connectivity index (χ2v) is 21.0. The van der Waals surface area contributed by atoms with Crippen molar-refractivity contribution in [3.63, 3.8) is 0 Å². The molecule has 0 fully saturated rings. The zero-order valence-corrected chi connectivity index (χ0v) is 41.5. The van der Waals surface area contributed by atoms with E-state index in [-0.39, 0.29) is 0 Å². The molecule has 0 saturated carbocycles. The van der Waals surface area contributed by atoms with Gasteiger partial charge in [0.1, 0.15) is 0 Å². The molecule has 0 atom stereocenters. The molecule has 2 nitrogen and oxygen atoms in total. The van der Waals surface area contributed by atoms with Gasteiger partial charge in [0.05, 0.1) is 27.6 Å². The van der Waals surface area contributed by atoms with Crippen molar-refractivity contribution < 1.29 is 0 Å². The second-order valence-electron chi connectivity index (χ2n) is 21.0. The summed E-state index contributed by atoms with van der Waals surface area (Å²) in [6.45, 7) is 0. The topological polar surface area (TPSA) is 8.17 Å². The largest absolute Gasteiger partial charge is 0.310 e. The molecule has 0 radical (unpaired) electrons. The molecule has 3 aliphatic carbocycles. The van der Waals surface area contributed by atoms with E-state index in [2.05, 4.69) is 289 Å². The highest BCUT2D eigenvalue weighted by atomic mass is 15.1. The number of aromatic nitrogens is 1. The highest BCUT2D eigenvalue weighted by Crippen LogP contribution is 2.65. The summed E-state index contributed by atoms with van der Waals surface area (Å²) in [7, 11) is 0. The summed E-state index contributed by atoms with van der Waals surface area (Å²) >= 11 is 0. The van der Waals surface area contributed by atoms with Crippen LogP contribution in [-0.2, 0) is 10.8 Å². The van der Waals surface area contributed by atoms with E-state index in [0.717, 1.165) is 17.1 Å². The zero-order chi connectivity index (χ0) is 49.7. The smallest absolute Gasteiger partial charge is 0.0755 e. The van der Waals surface area contributed by atoms with Crippen LogP contribution < -0.4 is 4.90 Å². The van der Waals surface area contributed by atoms with Crippen LogP contribution in [0.15, 0.2) is 279 Å². The maximum Gasteiger partial charge on any atom is 0.0755 e. The third-order valence-corrected chi connectivity index (χ3v) is 17.6. The van der Waals surface area contributed by atoms with Gasteiger partial charge in [-0.25, -0.2) is 0 Å². The molecule has 1 aromatic heterocycles. The van der Waals surface area contributed by atoms with Gasteiger partial charge in [-0.2, -0.15) is 0 Å². The molecule has 352 valence electrons. The third kappa shape index (κ3) is 5.30. The van der Waals surface area contributed by atoms with Gasteiger partial charge in [-0.3, -0.25) is 0 Å². The lowest BCUT2D eigenvalue weighted by atomic mass is 9.65. The summed E-state index contributed by atoms with van der Waals surface area (Å²) in [5, 5.41) is 2.48. The van der Waals surface area contributed by atoms with Crippen LogP contribution in [0.25, 0.3) is 83.1 Å². The van der Waals surface area contributed by atoms with Crippen molar-refractivity contribution >= 4 is 38.9 Å². The zero-order valence-electron chi connectivity index (χ0n) is 41.5. The number of rotatable bonds is 5. The van der Waals surface area contributed by atoms with Crippen molar-refractivity contribution in [3.8, 4) is 61.3 Å². The SMILES string of the molecule is c1ccc(-c2ccc(-c3ccc(N(c4ccc5c(c4)C4(c6ccccc6-c6ccccc64)c4ccccc4-5)c4cc5c6c(c4)c4ccccc4n6-c4ccccc4C54c5ccccc5-c5ccccc54)cc3)cc2)cc1. The molecule has 17 rings (SSSR count). The lowest BCUT2D eigenvalue weighted by Crippen LogP contribution is -2.33. The predicted octanol–water partition coefficient (Wildman–Crippen LogP) is 18.6. The van der Waals surface area contributed by atoms with E-state index in [1.165, 1.54) is 128 Å². The van der Waals surface area contributed by atoms with Crippen molar-refractivity contribution in [2.45, 2.75) is 10.8 Å². The molecule has 12 aromatic carbocycles. The van der Waals surface area contributed by atoms with Gasteiger partial charge < -0.3 is 9.47 Å². The van der Waals surface area contributed by atoms with Crippen LogP contribution in [0.1, 0.15) is 44.5 Å². The maximum atomic E-state index is 2.56. The van der Waals surface area contributed by atoms with Crippen LogP contribution in [0.4, 0.5) is 17.1 Å². The van der Waals surface area contributed by atoms with Gasteiger partial charge in [-0.05, 0) is 149 Å². The Morgan fingerprint density at radius 1 is 0.250 bits per heavy atom. The minimum atomic E-state index is -0.592. The summed E-state index contributed by atoms with van der Waals surface area (Å²) in [6.07, 6.45) is 0. The average Bonchev–Trinajstić information content (AvgIpc) is 4.21. The lowest BCUT2D eigenvalue weighted by Gasteiger charge is -2.40. The summed E-state index contributed by atoms with van der Waals surface area (Å²) in [5.41, 5.74) is 29.0. The number of anilines is 3. The van der Waals surface area contributed by atoms with E-state index in [0.29, 0.717) is 0 Å². The number of fused-ring (bicyclic) bond motifs is 22. The first-order valence-electron chi connectivity index (χ1n) is 26.6. The van der Waals surface area contributed by atoms with Crippen LogP contribution in [0.5, 0.6) is 0 Å². The first-order valence-corrected chi connectivity index (χ1v) is 26.6. The maximum absolute atomic E-state index is 2.56. The Balaban J connectivity index is 0.952. The van der Waals surface area contributed by atoms with Gasteiger partial charge in [0, 0.05) is 27.8 Å². The van der Waals surface area contributed by atoms with Gasteiger partial charge in [-0.15, -0.1) is 0 Å².